The summed E-state index contributed by atoms with van der Waals surface area (Å²) < 4.78 is 3.03. The van der Waals surface area contributed by atoms with Gasteiger partial charge in [0.25, 0.3) is 0 Å². The highest BCUT2D eigenvalue weighted by atomic mass is 79.9. The fourth-order valence-corrected chi connectivity index (χ4v) is 2.90. The van der Waals surface area contributed by atoms with Crippen molar-refractivity contribution in [1.82, 2.24) is 15.1 Å². The molecule has 0 radical (unpaired) electrons. The Morgan fingerprint density at radius 3 is 2.80 bits per heavy atom. The number of aromatic nitrogens is 2. The minimum Gasteiger partial charge on any atom is -0.306 e. The first-order valence-corrected chi connectivity index (χ1v) is 7.93. The average Bonchev–Trinajstić information content (AvgIpc) is 2.80. The van der Waals surface area contributed by atoms with Gasteiger partial charge in [-0.05, 0) is 30.5 Å². The van der Waals surface area contributed by atoms with E-state index in [1.54, 1.807) is 0 Å². The van der Waals surface area contributed by atoms with Crippen molar-refractivity contribution in [3.8, 4) is 0 Å². The molecular formula is C16H22BrN3. The van der Waals surface area contributed by atoms with Gasteiger partial charge in [-0.2, -0.15) is 5.10 Å². The lowest BCUT2D eigenvalue weighted by atomic mass is 10.0. The Hall–Kier alpha value is -1.13. The second-order valence-corrected chi connectivity index (χ2v) is 5.94. The standard InChI is InChI=1S/C16H22BrN3/c1-4-15(12-7-6-8-14(17)9-12)18-10-13-11-20(3)19-16(13)5-2/h6-9,11,15,18H,4-5,10H2,1-3H3. The normalized spacial score (nSPS) is 12.6. The summed E-state index contributed by atoms with van der Waals surface area (Å²) in [5, 5.41) is 8.13. The number of hydrogen-bond donors (Lipinski definition) is 1. The molecule has 0 amide bonds. The second-order valence-electron chi connectivity index (χ2n) is 5.02. The third-order valence-electron chi connectivity index (χ3n) is 3.52. The molecule has 0 spiro atoms. The molecule has 0 fully saturated rings. The van der Waals surface area contributed by atoms with Crippen LogP contribution < -0.4 is 5.32 Å². The number of aryl methyl sites for hydroxylation is 2. The van der Waals surface area contributed by atoms with Crippen molar-refractivity contribution in [2.45, 2.75) is 39.3 Å². The van der Waals surface area contributed by atoms with Crippen molar-refractivity contribution >= 4 is 15.9 Å². The van der Waals surface area contributed by atoms with Crippen LogP contribution in [0.1, 0.15) is 43.1 Å². The molecule has 0 aliphatic heterocycles. The van der Waals surface area contributed by atoms with E-state index in [9.17, 15) is 0 Å². The first-order valence-electron chi connectivity index (χ1n) is 7.14. The summed E-state index contributed by atoms with van der Waals surface area (Å²) >= 11 is 3.54. The Labute approximate surface area is 129 Å². The molecule has 2 rings (SSSR count). The summed E-state index contributed by atoms with van der Waals surface area (Å²) in [6.07, 6.45) is 4.16. The van der Waals surface area contributed by atoms with Crippen LogP contribution in [-0.4, -0.2) is 9.78 Å². The maximum Gasteiger partial charge on any atom is 0.0666 e. The third kappa shape index (κ3) is 3.70. The first kappa shape index (κ1) is 15.3. The summed E-state index contributed by atoms with van der Waals surface area (Å²) in [6.45, 7) is 5.22. The summed E-state index contributed by atoms with van der Waals surface area (Å²) in [5.41, 5.74) is 3.80. The molecule has 4 heteroatoms. The molecule has 0 aliphatic carbocycles. The Balaban J connectivity index is 2.07. The Morgan fingerprint density at radius 2 is 2.15 bits per heavy atom. The summed E-state index contributed by atoms with van der Waals surface area (Å²) in [7, 11) is 1.98. The lowest BCUT2D eigenvalue weighted by Crippen LogP contribution is -2.20. The highest BCUT2D eigenvalue weighted by molar-refractivity contribution is 9.10. The summed E-state index contributed by atoms with van der Waals surface area (Å²) in [4.78, 5) is 0. The van der Waals surface area contributed by atoms with Crippen molar-refractivity contribution in [3.63, 3.8) is 0 Å². The lowest BCUT2D eigenvalue weighted by molar-refractivity contribution is 0.517. The van der Waals surface area contributed by atoms with E-state index >= 15 is 0 Å². The topological polar surface area (TPSA) is 29.9 Å². The largest absolute Gasteiger partial charge is 0.306 e. The lowest BCUT2D eigenvalue weighted by Gasteiger charge is -2.17. The number of nitrogens with zero attached hydrogens (tertiary/aromatic N) is 2. The van der Waals surface area contributed by atoms with E-state index in [4.69, 9.17) is 0 Å². The zero-order valence-electron chi connectivity index (χ0n) is 12.4. The van der Waals surface area contributed by atoms with Crippen molar-refractivity contribution in [2.75, 3.05) is 0 Å². The van der Waals surface area contributed by atoms with E-state index < -0.39 is 0 Å². The molecule has 0 bridgehead atoms. The molecule has 2 aromatic rings. The van der Waals surface area contributed by atoms with Gasteiger partial charge in [-0.25, -0.2) is 0 Å². The van der Waals surface area contributed by atoms with Crippen LogP contribution in [0.4, 0.5) is 0 Å². The predicted octanol–water partition coefficient (Wildman–Crippen LogP) is 3.99. The van der Waals surface area contributed by atoms with Gasteiger partial charge in [0.1, 0.15) is 0 Å². The van der Waals surface area contributed by atoms with E-state index in [1.807, 2.05) is 11.7 Å². The van der Waals surface area contributed by atoms with Crippen molar-refractivity contribution in [1.29, 1.82) is 0 Å². The molecule has 0 saturated heterocycles. The molecule has 1 aromatic carbocycles. The minimum absolute atomic E-state index is 0.373. The van der Waals surface area contributed by atoms with E-state index in [0.29, 0.717) is 6.04 Å². The number of nitrogens with one attached hydrogen (secondary N) is 1. The number of halogens is 1. The molecule has 20 heavy (non-hydrogen) atoms. The van der Waals surface area contributed by atoms with Crippen LogP contribution in [0.15, 0.2) is 34.9 Å². The quantitative estimate of drug-likeness (QED) is 0.865. The van der Waals surface area contributed by atoms with Crippen LogP contribution in [0.5, 0.6) is 0 Å². The van der Waals surface area contributed by atoms with Gasteiger partial charge in [0.15, 0.2) is 0 Å². The van der Waals surface area contributed by atoms with E-state index in [-0.39, 0.29) is 0 Å². The van der Waals surface area contributed by atoms with Crippen LogP contribution in [0.2, 0.25) is 0 Å². The molecule has 3 nitrogen and oxygen atoms in total. The van der Waals surface area contributed by atoms with Crippen molar-refractivity contribution in [3.05, 3.63) is 51.8 Å². The third-order valence-corrected chi connectivity index (χ3v) is 4.02. The van der Waals surface area contributed by atoms with Gasteiger partial charge >= 0.3 is 0 Å². The van der Waals surface area contributed by atoms with Crippen LogP contribution in [0.25, 0.3) is 0 Å². The van der Waals surface area contributed by atoms with Gasteiger partial charge in [-0.3, -0.25) is 4.68 Å². The van der Waals surface area contributed by atoms with Crippen LogP contribution in [-0.2, 0) is 20.0 Å². The van der Waals surface area contributed by atoms with Gasteiger partial charge in [-0.1, -0.05) is 41.9 Å². The average molecular weight is 336 g/mol. The van der Waals surface area contributed by atoms with E-state index in [2.05, 4.69) is 70.7 Å². The molecular weight excluding hydrogens is 314 g/mol. The smallest absolute Gasteiger partial charge is 0.0666 e. The van der Waals surface area contributed by atoms with Crippen LogP contribution >= 0.6 is 15.9 Å². The summed E-state index contributed by atoms with van der Waals surface area (Å²) in [6, 6.07) is 8.89. The number of hydrogen-bond acceptors (Lipinski definition) is 2. The second kappa shape index (κ2) is 7.04. The maximum absolute atomic E-state index is 4.49. The van der Waals surface area contributed by atoms with Gasteiger partial charge in [0.2, 0.25) is 0 Å². The Bertz CT molecular complexity index is 563. The Kier molecular flexibility index (Phi) is 5.38. The van der Waals surface area contributed by atoms with Gasteiger partial charge in [-0.15, -0.1) is 0 Å². The minimum atomic E-state index is 0.373. The first-order chi connectivity index (χ1) is 9.63. The fourth-order valence-electron chi connectivity index (χ4n) is 2.48. The zero-order valence-corrected chi connectivity index (χ0v) is 13.9. The van der Waals surface area contributed by atoms with Crippen molar-refractivity contribution < 1.29 is 0 Å². The molecule has 108 valence electrons. The zero-order chi connectivity index (χ0) is 14.5. The molecule has 1 heterocycles. The highest BCUT2D eigenvalue weighted by Gasteiger charge is 2.11. The van der Waals surface area contributed by atoms with Gasteiger partial charge in [0.05, 0.1) is 5.69 Å². The maximum atomic E-state index is 4.49. The molecule has 1 aromatic heterocycles. The Morgan fingerprint density at radius 1 is 1.35 bits per heavy atom. The molecule has 1 atom stereocenters. The van der Waals surface area contributed by atoms with Crippen LogP contribution in [0, 0.1) is 0 Å². The summed E-state index contributed by atoms with van der Waals surface area (Å²) in [5.74, 6) is 0. The number of rotatable bonds is 6. The van der Waals surface area contributed by atoms with Gasteiger partial charge in [0, 0.05) is 35.9 Å². The van der Waals surface area contributed by atoms with Crippen LogP contribution in [0.3, 0.4) is 0 Å². The molecule has 0 aliphatic rings. The van der Waals surface area contributed by atoms with E-state index in [0.717, 1.165) is 23.9 Å². The molecule has 1 unspecified atom stereocenters. The van der Waals surface area contributed by atoms with Gasteiger partial charge < -0.3 is 5.32 Å². The highest BCUT2D eigenvalue weighted by Crippen LogP contribution is 2.21. The molecule has 0 saturated carbocycles. The van der Waals surface area contributed by atoms with E-state index in [1.165, 1.54) is 16.8 Å². The monoisotopic (exact) mass is 335 g/mol. The number of benzene rings is 1. The fraction of sp³-hybridized carbons (Fsp3) is 0.438. The SMILES string of the molecule is CCc1nn(C)cc1CNC(CC)c1cccc(Br)c1. The van der Waals surface area contributed by atoms with Crippen molar-refractivity contribution in [2.24, 2.45) is 7.05 Å². The molecule has 1 N–H and O–H groups in total. The predicted molar refractivity (Wildman–Crippen MR) is 86.6 cm³/mol.